The number of rotatable bonds is 8. The number of fused-ring (bicyclic) bond motifs is 1. The molecule has 4 heteroatoms. The molecule has 0 amide bonds. The highest BCUT2D eigenvalue weighted by Crippen LogP contribution is 2.51. The van der Waals surface area contributed by atoms with Crippen molar-refractivity contribution in [2.24, 2.45) is 0 Å². The number of aryl methyl sites for hydroxylation is 2. The summed E-state index contributed by atoms with van der Waals surface area (Å²) in [5.41, 5.74) is 3.20. The van der Waals surface area contributed by atoms with Gasteiger partial charge in [0.25, 0.3) is 0 Å². The summed E-state index contributed by atoms with van der Waals surface area (Å²) >= 11 is 8.12. The van der Waals surface area contributed by atoms with Crippen molar-refractivity contribution in [3.05, 3.63) is 45.1 Å². The average Bonchev–Trinajstić information content (AvgIpc) is 3.46. The molecule has 0 radical (unpaired) electrons. The van der Waals surface area contributed by atoms with E-state index in [0.29, 0.717) is 11.8 Å². The van der Waals surface area contributed by atoms with Crippen LogP contribution >= 0.6 is 45.3 Å². The van der Waals surface area contributed by atoms with Gasteiger partial charge in [0.1, 0.15) is 0 Å². The number of thiophene rings is 4. The Hall–Kier alpha value is -0.940. The van der Waals surface area contributed by atoms with Gasteiger partial charge < -0.3 is 0 Å². The van der Waals surface area contributed by atoms with Gasteiger partial charge in [-0.15, -0.1) is 45.3 Å². The second-order valence-corrected chi connectivity index (χ2v) is 13.0. The molecular formula is C26H32S4. The van der Waals surface area contributed by atoms with Crippen molar-refractivity contribution in [1.82, 2.24) is 0 Å². The van der Waals surface area contributed by atoms with E-state index in [1.165, 1.54) is 54.9 Å². The Kier molecular flexibility index (Phi) is 6.88. The van der Waals surface area contributed by atoms with E-state index in [0.717, 1.165) is 0 Å². The van der Waals surface area contributed by atoms with Gasteiger partial charge in [0.2, 0.25) is 0 Å². The van der Waals surface area contributed by atoms with Crippen molar-refractivity contribution in [2.75, 3.05) is 0 Å². The van der Waals surface area contributed by atoms with Crippen LogP contribution in [0, 0.1) is 0 Å². The Morgan fingerprint density at radius 2 is 1.00 bits per heavy atom. The van der Waals surface area contributed by atoms with Crippen LogP contribution < -0.4 is 0 Å². The summed E-state index contributed by atoms with van der Waals surface area (Å²) in [6.45, 7) is 13.8. The standard InChI is InChI=1S/C26H32S4/c1-7-9-17-23(21-13-11-19(27-21)15(3)4)29-26-18(10-8-2)24(30-25(17)26)22-14-12-20(28-22)16(5)6/h11-16H,7-10H2,1-6H3. The largest absolute Gasteiger partial charge is 0.139 e. The number of hydrogen-bond donors (Lipinski definition) is 0. The second kappa shape index (κ2) is 9.28. The van der Waals surface area contributed by atoms with E-state index in [2.05, 4.69) is 88.5 Å². The molecule has 4 aromatic heterocycles. The Balaban J connectivity index is 1.88. The van der Waals surface area contributed by atoms with Gasteiger partial charge in [-0.3, -0.25) is 0 Å². The molecule has 0 spiro atoms. The SMILES string of the molecule is CCCc1c(-c2ccc(C(C)C)s2)sc2c(CCC)c(-c3ccc(C(C)C)s3)sc12. The summed E-state index contributed by atoms with van der Waals surface area (Å²) in [7, 11) is 0. The lowest BCUT2D eigenvalue weighted by molar-refractivity contribution is 0.890. The first kappa shape index (κ1) is 22.3. The molecule has 160 valence electrons. The predicted molar refractivity (Wildman–Crippen MR) is 142 cm³/mol. The van der Waals surface area contributed by atoms with E-state index in [1.54, 1.807) is 20.5 Å². The molecule has 4 heterocycles. The molecular weight excluding hydrogens is 441 g/mol. The van der Waals surface area contributed by atoms with Crippen molar-refractivity contribution >= 4 is 54.7 Å². The first-order chi connectivity index (χ1) is 14.4. The van der Waals surface area contributed by atoms with Gasteiger partial charge in [-0.1, -0.05) is 54.4 Å². The van der Waals surface area contributed by atoms with E-state index in [1.807, 2.05) is 22.7 Å². The average molecular weight is 473 g/mol. The van der Waals surface area contributed by atoms with Crippen LogP contribution in [-0.2, 0) is 12.8 Å². The molecule has 0 nitrogen and oxygen atoms in total. The maximum absolute atomic E-state index is 2.36. The molecule has 0 aliphatic carbocycles. The molecule has 0 unspecified atom stereocenters. The molecule has 0 saturated heterocycles. The summed E-state index contributed by atoms with van der Waals surface area (Å²) in [5.74, 6) is 1.21. The monoisotopic (exact) mass is 472 g/mol. The Morgan fingerprint density at radius 3 is 1.30 bits per heavy atom. The lowest BCUT2D eigenvalue weighted by atomic mass is 10.1. The molecule has 4 rings (SSSR count). The molecule has 30 heavy (non-hydrogen) atoms. The van der Waals surface area contributed by atoms with E-state index in [9.17, 15) is 0 Å². The van der Waals surface area contributed by atoms with Gasteiger partial charge in [-0.2, -0.15) is 0 Å². The lowest BCUT2D eigenvalue weighted by Crippen LogP contribution is -1.82. The summed E-state index contributed by atoms with van der Waals surface area (Å²) in [5, 5.41) is 0. The van der Waals surface area contributed by atoms with Crippen LogP contribution in [-0.4, -0.2) is 0 Å². The topological polar surface area (TPSA) is 0 Å². The highest BCUT2D eigenvalue weighted by atomic mass is 32.1. The molecule has 0 aliphatic heterocycles. The molecule has 0 N–H and O–H groups in total. The quantitative estimate of drug-likeness (QED) is 0.239. The zero-order valence-corrected chi connectivity index (χ0v) is 22.2. The molecule has 4 aromatic rings. The number of hydrogen-bond acceptors (Lipinski definition) is 4. The first-order valence-corrected chi connectivity index (χ1v) is 14.5. The van der Waals surface area contributed by atoms with Crippen molar-refractivity contribution in [2.45, 2.75) is 79.1 Å². The van der Waals surface area contributed by atoms with E-state index >= 15 is 0 Å². The van der Waals surface area contributed by atoms with Crippen LogP contribution in [0.3, 0.4) is 0 Å². The maximum atomic E-state index is 2.36. The molecule has 0 aliphatic rings. The third-order valence-electron chi connectivity index (χ3n) is 5.55. The van der Waals surface area contributed by atoms with Gasteiger partial charge in [0, 0.05) is 38.7 Å². The van der Waals surface area contributed by atoms with Crippen LogP contribution in [0.25, 0.3) is 28.9 Å². The Bertz CT molecular complexity index is 1040. The summed E-state index contributed by atoms with van der Waals surface area (Å²) in [4.78, 5) is 9.01. The predicted octanol–water partition coefficient (Wildman–Crippen LogP) is 10.6. The zero-order valence-electron chi connectivity index (χ0n) is 18.9. The van der Waals surface area contributed by atoms with Crippen molar-refractivity contribution < 1.29 is 0 Å². The van der Waals surface area contributed by atoms with E-state index < -0.39 is 0 Å². The molecule has 0 bridgehead atoms. The van der Waals surface area contributed by atoms with Crippen LogP contribution in [0.5, 0.6) is 0 Å². The fourth-order valence-corrected chi connectivity index (χ4v) is 9.27. The van der Waals surface area contributed by atoms with Gasteiger partial charge in [0.15, 0.2) is 0 Å². The van der Waals surface area contributed by atoms with Gasteiger partial charge >= 0.3 is 0 Å². The fourth-order valence-electron chi connectivity index (χ4n) is 3.95. The molecule has 0 fully saturated rings. The minimum absolute atomic E-state index is 0.607. The Morgan fingerprint density at radius 1 is 0.600 bits per heavy atom. The van der Waals surface area contributed by atoms with Crippen molar-refractivity contribution in [3.8, 4) is 19.5 Å². The van der Waals surface area contributed by atoms with Crippen LogP contribution in [0.2, 0.25) is 0 Å². The zero-order chi connectivity index (χ0) is 21.4. The normalized spacial score (nSPS) is 12.1. The fraction of sp³-hybridized carbons (Fsp3) is 0.462. The van der Waals surface area contributed by atoms with Gasteiger partial charge in [-0.05, 0) is 60.1 Å². The van der Waals surface area contributed by atoms with Crippen LogP contribution in [0.1, 0.15) is 87.1 Å². The smallest absolute Gasteiger partial charge is 0.0499 e. The minimum atomic E-state index is 0.607. The third kappa shape index (κ3) is 4.09. The summed E-state index contributed by atoms with van der Waals surface area (Å²) in [6.07, 6.45) is 4.76. The van der Waals surface area contributed by atoms with Gasteiger partial charge in [0.05, 0.1) is 0 Å². The van der Waals surface area contributed by atoms with Crippen LogP contribution in [0.4, 0.5) is 0 Å². The molecule has 0 saturated carbocycles. The highest BCUT2D eigenvalue weighted by Gasteiger charge is 2.23. The van der Waals surface area contributed by atoms with Crippen molar-refractivity contribution in [3.63, 3.8) is 0 Å². The first-order valence-electron chi connectivity index (χ1n) is 11.2. The molecule has 0 atom stereocenters. The third-order valence-corrected chi connectivity index (χ3v) is 11.4. The lowest BCUT2D eigenvalue weighted by Gasteiger charge is -2.03. The van der Waals surface area contributed by atoms with Crippen molar-refractivity contribution in [1.29, 1.82) is 0 Å². The second-order valence-electron chi connectivity index (χ2n) is 8.69. The highest BCUT2D eigenvalue weighted by molar-refractivity contribution is 7.34. The van der Waals surface area contributed by atoms with E-state index in [4.69, 9.17) is 0 Å². The maximum Gasteiger partial charge on any atom is 0.0499 e. The Labute approximate surface area is 197 Å². The van der Waals surface area contributed by atoms with Crippen LogP contribution in [0.15, 0.2) is 24.3 Å². The summed E-state index contributed by atoms with van der Waals surface area (Å²) < 4.78 is 3.13. The molecule has 0 aromatic carbocycles. The van der Waals surface area contributed by atoms with E-state index in [-0.39, 0.29) is 0 Å². The minimum Gasteiger partial charge on any atom is -0.139 e. The van der Waals surface area contributed by atoms with Gasteiger partial charge in [-0.25, -0.2) is 0 Å². The summed E-state index contributed by atoms with van der Waals surface area (Å²) in [6, 6.07) is 9.41.